The molecule has 0 radical (unpaired) electrons. The molecule has 4 atom stereocenters. The van der Waals surface area contributed by atoms with Gasteiger partial charge in [-0.05, 0) is 49.9 Å². The molecule has 0 aromatic heterocycles. The first-order valence-electron chi connectivity index (χ1n) is 7.22. The van der Waals surface area contributed by atoms with E-state index in [9.17, 15) is 14.7 Å². The zero-order valence-electron chi connectivity index (χ0n) is 12.1. The third-order valence-electron chi connectivity index (χ3n) is 4.62. The SMILES string of the molecule is Cc1ccc(NC(=O)[C@H]2[C@@H](C(=O)[O-])[C@@H]3CC[C@H]2O3)cc1C. The van der Waals surface area contributed by atoms with Crippen LogP contribution in [0.3, 0.4) is 0 Å². The van der Waals surface area contributed by atoms with Crippen LogP contribution in [0.1, 0.15) is 24.0 Å². The van der Waals surface area contributed by atoms with Gasteiger partial charge in [-0.25, -0.2) is 0 Å². The third-order valence-corrected chi connectivity index (χ3v) is 4.62. The third kappa shape index (κ3) is 2.42. The van der Waals surface area contributed by atoms with E-state index < -0.39 is 17.8 Å². The normalized spacial score (nSPS) is 30.4. The molecule has 2 aliphatic rings. The molecule has 5 heteroatoms. The van der Waals surface area contributed by atoms with Crippen molar-refractivity contribution in [3.8, 4) is 0 Å². The summed E-state index contributed by atoms with van der Waals surface area (Å²) in [5.41, 5.74) is 2.90. The van der Waals surface area contributed by atoms with Crippen LogP contribution in [-0.4, -0.2) is 24.1 Å². The van der Waals surface area contributed by atoms with Gasteiger partial charge in [-0.15, -0.1) is 0 Å². The predicted molar refractivity (Wildman–Crippen MR) is 74.4 cm³/mol. The molecule has 2 heterocycles. The molecule has 112 valence electrons. The molecule has 2 saturated heterocycles. The zero-order chi connectivity index (χ0) is 15.1. The second kappa shape index (κ2) is 5.15. The summed E-state index contributed by atoms with van der Waals surface area (Å²) in [6.07, 6.45) is 0.746. The Hall–Kier alpha value is -1.88. The lowest BCUT2D eigenvalue weighted by atomic mass is 9.78. The number of nitrogens with one attached hydrogen (secondary N) is 1. The van der Waals surface area contributed by atoms with Crippen molar-refractivity contribution >= 4 is 17.6 Å². The van der Waals surface area contributed by atoms with Gasteiger partial charge in [0.05, 0.1) is 18.1 Å². The number of hydrogen-bond acceptors (Lipinski definition) is 4. The van der Waals surface area contributed by atoms with Gasteiger partial charge in [-0.1, -0.05) is 6.07 Å². The molecule has 0 spiro atoms. The quantitative estimate of drug-likeness (QED) is 0.891. The molecule has 1 aromatic rings. The number of rotatable bonds is 3. The highest BCUT2D eigenvalue weighted by atomic mass is 16.5. The number of hydrogen-bond donors (Lipinski definition) is 1. The van der Waals surface area contributed by atoms with E-state index in [4.69, 9.17) is 4.74 Å². The van der Waals surface area contributed by atoms with Crippen LogP contribution in [0.2, 0.25) is 0 Å². The van der Waals surface area contributed by atoms with Crippen LogP contribution in [0, 0.1) is 25.7 Å². The van der Waals surface area contributed by atoms with Gasteiger partial charge in [-0.3, -0.25) is 4.79 Å². The standard InChI is InChI=1S/C16H19NO4/c1-8-3-4-10(7-9(8)2)17-15(18)13-11-5-6-12(21-11)14(13)16(19)20/h3-4,7,11-14H,5-6H2,1-2H3,(H,17,18)(H,19,20)/p-1/t11-,12+,13-,14+/m1/s1. The van der Waals surface area contributed by atoms with Crippen molar-refractivity contribution in [2.75, 3.05) is 5.32 Å². The molecular formula is C16H18NO4-. The van der Waals surface area contributed by atoms with Gasteiger partial charge in [-0.2, -0.15) is 0 Å². The number of carboxylic acid groups (broad SMARTS) is 1. The molecule has 0 saturated carbocycles. The Morgan fingerprint density at radius 3 is 2.43 bits per heavy atom. The van der Waals surface area contributed by atoms with Crippen molar-refractivity contribution in [1.82, 2.24) is 0 Å². The van der Waals surface area contributed by atoms with Gasteiger partial charge in [0.2, 0.25) is 5.91 Å². The fourth-order valence-corrected chi connectivity index (χ4v) is 3.36. The van der Waals surface area contributed by atoms with Crippen LogP contribution in [0.4, 0.5) is 5.69 Å². The first-order chi connectivity index (χ1) is 9.97. The summed E-state index contributed by atoms with van der Waals surface area (Å²) in [4.78, 5) is 23.7. The fourth-order valence-electron chi connectivity index (χ4n) is 3.36. The minimum absolute atomic E-state index is 0.292. The Labute approximate surface area is 123 Å². The maximum Gasteiger partial charge on any atom is 0.230 e. The number of aliphatic carboxylic acids is 1. The predicted octanol–water partition coefficient (Wildman–Crippen LogP) is 0.785. The van der Waals surface area contributed by atoms with Gasteiger partial charge < -0.3 is 20.0 Å². The molecule has 21 heavy (non-hydrogen) atoms. The lowest BCUT2D eigenvalue weighted by molar-refractivity contribution is -0.313. The molecule has 2 aliphatic heterocycles. The number of carboxylic acids is 1. The highest BCUT2D eigenvalue weighted by molar-refractivity contribution is 5.96. The Balaban J connectivity index is 1.78. The van der Waals surface area contributed by atoms with Crippen LogP contribution in [0.25, 0.3) is 0 Å². The van der Waals surface area contributed by atoms with E-state index in [1.165, 1.54) is 0 Å². The average Bonchev–Trinajstić information content (AvgIpc) is 3.03. The lowest BCUT2D eigenvalue weighted by Gasteiger charge is -2.27. The van der Waals surface area contributed by atoms with E-state index in [2.05, 4.69) is 5.32 Å². The molecule has 0 aliphatic carbocycles. The van der Waals surface area contributed by atoms with Gasteiger partial charge in [0.1, 0.15) is 0 Å². The Kier molecular flexibility index (Phi) is 3.45. The van der Waals surface area contributed by atoms with E-state index in [1.54, 1.807) is 0 Å². The van der Waals surface area contributed by atoms with Crippen LogP contribution >= 0.6 is 0 Å². The number of benzene rings is 1. The molecule has 3 rings (SSSR count). The molecular weight excluding hydrogens is 270 g/mol. The van der Waals surface area contributed by atoms with E-state index in [0.29, 0.717) is 12.1 Å². The van der Waals surface area contributed by atoms with Gasteiger partial charge in [0.25, 0.3) is 0 Å². The summed E-state index contributed by atoms with van der Waals surface area (Å²) in [6, 6.07) is 5.64. The molecule has 1 aromatic carbocycles. The van der Waals surface area contributed by atoms with Crippen LogP contribution in [-0.2, 0) is 14.3 Å². The monoisotopic (exact) mass is 288 g/mol. The summed E-state index contributed by atoms with van der Waals surface area (Å²) in [5, 5.41) is 14.1. The summed E-state index contributed by atoms with van der Waals surface area (Å²) in [6.45, 7) is 3.96. The first-order valence-corrected chi connectivity index (χ1v) is 7.22. The van der Waals surface area contributed by atoms with E-state index in [-0.39, 0.29) is 18.1 Å². The van der Waals surface area contributed by atoms with Crippen molar-refractivity contribution < 1.29 is 19.4 Å². The fraction of sp³-hybridized carbons (Fsp3) is 0.500. The van der Waals surface area contributed by atoms with Crippen LogP contribution in [0.5, 0.6) is 0 Å². The number of amides is 1. The summed E-state index contributed by atoms with van der Waals surface area (Å²) in [7, 11) is 0. The number of anilines is 1. The van der Waals surface area contributed by atoms with Crippen LogP contribution < -0.4 is 10.4 Å². The summed E-state index contributed by atoms with van der Waals surface area (Å²) in [5.74, 6) is -2.98. The van der Waals surface area contributed by atoms with E-state index >= 15 is 0 Å². The maximum atomic E-state index is 12.4. The van der Waals surface area contributed by atoms with E-state index in [1.807, 2.05) is 32.0 Å². The van der Waals surface area contributed by atoms with Gasteiger partial charge in [0, 0.05) is 17.6 Å². The number of aryl methyl sites for hydroxylation is 2. The van der Waals surface area contributed by atoms with Gasteiger partial charge in [0.15, 0.2) is 0 Å². The average molecular weight is 288 g/mol. The largest absolute Gasteiger partial charge is 0.550 e. The molecule has 2 fully saturated rings. The second-order valence-electron chi connectivity index (χ2n) is 5.95. The smallest absolute Gasteiger partial charge is 0.230 e. The van der Waals surface area contributed by atoms with Crippen molar-refractivity contribution in [1.29, 1.82) is 0 Å². The Morgan fingerprint density at radius 1 is 1.14 bits per heavy atom. The number of carbonyl (C=O) groups is 2. The van der Waals surface area contributed by atoms with Crippen molar-refractivity contribution in [3.63, 3.8) is 0 Å². The molecule has 2 bridgehead atoms. The van der Waals surface area contributed by atoms with E-state index in [0.717, 1.165) is 17.5 Å². The maximum absolute atomic E-state index is 12.4. The number of carbonyl (C=O) groups excluding carboxylic acids is 2. The Bertz CT molecular complexity index is 598. The minimum atomic E-state index is -1.19. The number of fused-ring (bicyclic) bond motifs is 2. The summed E-state index contributed by atoms with van der Waals surface area (Å²) >= 11 is 0. The molecule has 1 amide bonds. The van der Waals surface area contributed by atoms with Crippen LogP contribution in [0.15, 0.2) is 18.2 Å². The molecule has 5 nitrogen and oxygen atoms in total. The van der Waals surface area contributed by atoms with Crippen molar-refractivity contribution in [2.45, 2.75) is 38.9 Å². The van der Waals surface area contributed by atoms with Crippen molar-refractivity contribution in [2.24, 2.45) is 11.8 Å². The van der Waals surface area contributed by atoms with Gasteiger partial charge >= 0.3 is 0 Å². The first kappa shape index (κ1) is 14.1. The Morgan fingerprint density at radius 2 is 1.81 bits per heavy atom. The number of ether oxygens (including phenoxy) is 1. The highest BCUT2D eigenvalue weighted by Gasteiger charge is 2.52. The second-order valence-corrected chi connectivity index (χ2v) is 5.95. The minimum Gasteiger partial charge on any atom is -0.550 e. The zero-order valence-corrected chi connectivity index (χ0v) is 12.1. The topological polar surface area (TPSA) is 78.5 Å². The molecule has 0 unspecified atom stereocenters. The summed E-state index contributed by atoms with van der Waals surface area (Å²) < 4.78 is 5.58. The highest BCUT2D eigenvalue weighted by Crippen LogP contribution is 2.43. The lowest BCUT2D eigenvalue weighted by Crippen LogP contribution is -2.46. The molecule has 1 N–H and O–H groups in total. The van der Waals surface area contributed by atoms with Crippen molar-refractivity contribution in [3.05, 3.63) is 29.3 Å².